The molecule has 0 bridgehead atoms. The molecular formula is C14H20Cl2N4O. The Morgan fingerprint density at radius 1 is 1.38 bits per heavy atom. The lowest BCUT2D eigenvalue weighted by Gasteiger charge is -2.29. The van der Waals surface area contributed by atoms with Gasteiger partial charge in [0.1, 0.15) is 0 Å². The number of piperazine rings is 1. The number of carbonyl (C=O) groups is 1. The van der Waals surface area contributed by atoms with Crippen molar-refractivity contribution in [2.24, 2.45) is 0 Å². The van der Waals surface area contributed by atoms with Crippen LogP contribution in [-0.2, 0) is 0 Å². The normalized spacial score (nSPS) is 15.8. The number of carbonyl (C=O) groups excluding carboxylic acids is 1. The van der Waals surface area contributed by atoms with Crippen molar-refractivity contribution in [3.63, 3.8) is 0 Å². The zero-order valence-corrected chi connectivity index (χ0v) is 13.5. The lowest BCUT2D eigenvalue weighted by Crippen LogP contribution is -2.46. The largest absolute Gasteiger partial charge is 0.326 e. The van der Waals surface area contributed by atoms with E-state index in [1.807, 2.05) is 0 Å². The predicted molar refractivity (Wildman–Crippen MR) is 87.4 cm³/mol. The Labute approximate surface area is 135 Å². The Morgan fingerprint density at radius 3 is 2.81 bits per heavy atom. The molecule has 1 heterocycles. The van der Waals surface area contributed by atoms with Crippen LogP contribution in [-0.4, -0.2) is 62.1 Å². The average molecular weight is 331 g/mol. The molecule has 0 spiro atoms. The molecule has 1 aliphatic heterocycles. The van der Waals surface area contributed by atoms with Crippen molar-refractivity contribution in [2.45, 2.75) is 0 Å². The standard InChI is InChI=1S/C14H20Cl2N4O/c1-19(8-9-20-6-4-17-5-7-20)14(21)18-13-10-11(15)2-3-12(13)16/h2-3,10,17H,4-9H2,1H3,(H,18,21). The van der Waals surface area contributed by atoms with E-state index in [1.165, 1.54) is 0 Å². The van der Waals surface area contributed by atoms with Crippen LogP contribution in [0, 0.1) is 0 Å². The third-order valence-corrected chi connectivity index (χ3v) is 4.04. The summed E-state index contributed by atoms with van der Waals surface area (Å²) in [6.07, 6.45) is 0. The molecule has 1 aromatic carbocycles. The van der Waals surface area contributed by atoms with Crippen LogP contribution in [0.1, 0.15) is 0 Å². The van der Waals surface area contributed by atoms with Gasteiger partial charge in [0.2, 0.25) is 0 Å². The second-order valence-electron chi connectivity index (χ2n) is 5.07. The molecule has 0 unspecified atom stereocenters. The number of hydrogen-bond acceptors (Lipinski definition) is 3. The molecule has 0 aliphatic carbocycles. The molecule has 2 N–H and O–H groups in total. The third-order valence-electron chi connectivity index (χ3n) is 3.48. The van der Waals surface area contributed by atoms with E-state index in [-0.39, 0.29) is 6.03 Å². The number of likely N-dealkylation sites (N-methyl/N-ethyl adjacent to an activating group) is 1. The summed E-state index contributed by atoms with van der Waals surface area (Å²) in [5.74, 6) is 0. The van der Waals surface area contributed by atoms with Crippen LogP contribution < -0.4 is 10.6 Å². The maximum atomic E-state index is 12.1. The fraction of sp³-hybridized carbons (Fsp3) is 0.500. The van der Waals surface area contributed by atoms with Crippen molar-refractivity contribution in [1.82, 2.24) is 15.1 Å². The number of nitrogens with one attached hydrogen (secondary N) is 2. The summed E-state index contributed by atoms with van der Waals surface area (Å²) >= 11 is 11.9. The van der Waals surface area contributed by atoms with Gasteiger partial charge >= 0.3 is 6.03 Å². The highest BCUT2D eigenvalue weighted by Crippen LogP contribution is 2.25. The Bertz CT molecular complexity index is 492. The third kappa shape index (κ3) is 5.04. The van der Waals surface area contributed by atoms with Crippen molar-refractivity contribution < 1.29 is 4.79 Å². The van der Waals surface area contributed by atoms with E-state index in [0.717, 1.165) is 32.7 Å². The van der Waals surface area contributed by atoms with Gasteiger partial charge in [0.05, 0.1) is 10.7 Å². The quantitative estimate of drug-likeness (QED) is 0.890. The number of nitrogens with zero attached hydrogens (tertiary/aromatic N) is 2. The molecule has 7 heteroatoms. The molecular weight excluding hydrogens is 311 g/mol. The van der Waals surface area contributed by atoms with Crippen LogP contribution in [0.3, 0.4) is 0 Å². The monoisotopic (exact) mass is 330 g/mol. The van der Waals surface area contributed by atoms with Crippen LogP contribution in [0.15, 0.2) is 18.2 Å². The van der Waals surface area contributed by atoms with Crippen LogP contribution in [0.25, 0.3) is 0 Å². The zero-order chi connectivity index (χ0) is 15.2. The summed E-state index contributed by atoms with van der Waals surface area (Å²) in [7, 11) is 1.77. The molecule has 1 aromatic rings. The van der Waals surface area contributed by atoms with E-state index >= 15 is 0 Å². The fourth-order valence-corrected chi connectivity index (χ4v) is 2.47. The summed E-state index contributed by atoms with van der Waals surface area (Å²) in [5, 5.41) is 7.10. The molecule has 1 fully saturated rings. The van der Waals surface area contributed by atoms with Gasteiger partial charge < -0.3 is 15.5 Å². The van der Waals surface area contributed by atoms with Gasteiger partial charge in [0.25, 0.3) is 0 Å². The van der Waals surface area contributed by atoms with Crippen LogP contribution in [0.2, 0.25) is 10.0 Å². The first kappa shape index (κ1) is 16.4. The first-order valence-corrected chi connectivity index (χ1v) is 7.72. The Hall–Kier alpha value is -1.01. The van der Waals surface area contributed by atoms with Crippen molar-refractivity contribution in [2.75, 3.05) is 51.6 Å². The highest BCUT2D eigenvalue weighted by molar-refractivity contribution is 6.35. The van der Waals surface area contributed by atoms with Crippen molar-refractivity contribution in [1.29, 1.82) is 0 Å². The molecule has 5 nitrogen and oxygen atoms in total. The maximum Gasteiger partial charge on any atom is 0.321 e. The summed E-state index contributed by atoms with van der Waals surface area (Å²) in [5.41, 5.74) is 0.531. The molecule has 0 saturated carbocycles. The van der Waals surface area contributed by atoms with Gasteiger partial charge in [-0.2, -0.15) is 0 Å². The molecule has 0 radical (unpaired) electrons. The van der Waals surface area contributed by atoms with Crippen LogP contribution in [0.4, 0.5) is 10.5 Å². The van der Waals surface area contributed by atoms with E-state index in [1.54, 1.807) is 30.1 Å². The Kier molecular flexibility index (Phi) is 6.11. The highest BCUT2D eigenvalue weighted by atomic mass is 35.5. The first-order valence-electron chi connectivity index (χ1n) is 6.96. The van der Waals surface area contributed by atoms with Gasteiger partial charge in [0, 0.05) is 51.3 Å². The number of rotatable bonds is 4. The summed E-state index contributed by atoms with van der Waals surface area (Å²) in [4.78, 5) is 16.1. The van der Waals surface area contributed by atoms with Gasteiger partial charge in [0.15, 0.2) is 0 Å². The SMILES string of the molecule is CN(CCN1CCNCC1)C(=O)Nc1cc(Cl)ccc1Cl. The minimum atomic E-state index is -0.186. The lowest BCUT2D eigenvalue weighted by molar-refractivity contribution is 0.197. The molecule has 0 aromatic heterocycles. The molecule has 1 saturated heterocycles. The molecule has 21 heavy (non-hydrogen) atoms. The second kappa shape index (κ2) is 7.84. The van der Waals surface area contributed by atoms with Gasteiger partial charge in [-0.3, -0.25) is 4.90 Å². The van der Waals surface area contributed by atoms with Crippen LogP contribution in [0.5, 0.6) is 0 Å². The van der Waals surface area contributed by atoms with Crippen molar-refractivity contribution in [3.05, 3.63) is 28.2 Å². The molecule has 2 rings (SSSR count). The smallest absolute Gasteiger partial charge is 0.321 e. The number of benzene rings is 1. The molecule has 116 valence electrons. The molecule has 1 aliphatic rings. The van der Waals surface area contributed by atoms with Crippen molar-refractivity contribution in [3.8, 4) is 0 Å². The topological polar surface area (TPSA) is 47.6 Å². The average Bonchev–Trinajstić information content (AvgIpc) is 2.49. The van der Waals surface area contributed by atoms with E-state index in [4.69, 9.17) is 23.2 Å². The zero-order valence-electron chi connectivity index (χ0n) is 12.0. The highest BCUT2D eigenvalue weighted by Gasteiger charge is 2.14. The number of urea groups is 1. The maximum absolute atomic E-state index is 12.1. The van der Waals surface area contributed by atoms with Crippen molar-refractivity contribution >= 4 is 34.9 Å². The van der Waals surface area contributed by atoms with E-state index in [0.29, 0.717) is 22.3 Å². The number of halogens is 2. The molecule has 2 amide bonds. The van der Waals surface area contributed by atoms with Gasteiger partial charge in [-0.1, -0.05) is 23.2 Å². The number of amides is 2. The molecule has 0 atom stereocenters. The van der Waals surface area contributed by atoms with Crippen LogP contribution >= 0.6 is 23.2 Å². The van der Waals surface area contributed by atoms with Gasteiger partial charge in [-0.25, -0.2) is 4.79 Å². The number of anilines is 1. The predicted octanol–water partition coefficient (Wildman–Crippen LogP) is 2.36. The van der Waals surface area contributed by atoms with E-state index in [2.05, 4.69) is 15.5 Å². The summed E-state index contributed by atoms with van der Waals surface area (Å²) in [6, 6.07) is 4.81. The first-order chi connectivity index (χ1) is 10.1. The fourth-order valence-electron chi connectivity index (χ4n) is 2.13. The Balaban J connectivity index is 1.82. The van der Waals surface area contributed by atoms with Gasteiger partial charge in [-0.15, -0.1) is 0 Å². The minimum Gasteiger partial charge on any atom is -0.326 e. The number of hydrogen-bond donors (Lipinski definition) is 2. The second-order valence-corrected chi connectivity index (χ2v) is 5.91. The lowest BCUT2D eigenvalue weighted by atomic mass is 10.3. The Morgan fingerprint density at radius 2 is 2.10 bits per heavy atom. The summed E-state index contributed by atoms with van der Waals surface area (Å²) in [6.45, 7) is 5.60. The minimum absolute atomic E-state index is 0.186. The summed E-state index contributed by atoms with van der Waals surface area (Å²) < 4.78 is 0. The van der Waals surface area contributed by atoms with Gasteiger partial charge in [-0.05, 0) is 18.2 Å². The van der Waals surface area contributed by atoms with E-state index < -0.39 is 0 Å². The van der Waals surface area contributed by atoms with E-state index in [9.17, 15) is 4.79 Å².